The van der Waals surface area contributed by atoms with Crippen LogP contribution >= 0.6 is 0 Å². The number of unbranched alkanes of at least 4 members (excludes halogenated alkanes) is 20. The van der Waals surface area contributed by atoms with Crippen LogP contribution in [0.5, 0.6) is 0 Å². The second kappa shape index (κ2) is 47.2. The van der Waals surface area contributed by atoms with Gasteiger partial charge in [0.1, 0.15) is 13.2 Å². The van der Waals surface area contributed by atoms with Gasteiger partial charge in [0.05, 0.1) is 40.3 Å². The fraction of sp³-hybridized carbons (Fsp3) is 0.732. The molecule has 0 radical (unpaired) electrons. The Labute approximate surface area is 398 Å². The number of carbonyl (C=O) groups excluding carboxylic acids is 3. The number of rotatable bonds is 47. The fourth-order valence-electron chi connectivity index (χ4n) is 6.91. The van der Waals surface area contributed by atoms with Crippen LogP contribution in [-0.2, 0) is 33.3 Å². The van der Waals surface area contributed by atoms with Crippen molar-refractivity contribution in [3.05, 3.63) is 72.9 Å². The molecule has 9 heteroatoms. The van der Waals surface area contributed by atoms with Gasteiger partial charge in [-0.15, -0.1) is 0 Å². The number of allylic oxidation sites excluding steroid dienone is 12. The molecule has 0 spiro atoms. The first-order valence-electron chi connectivity index (χ1n) is 26.1. The van der Waals surface area contributed by atoms with Gasteiger partial charge in [-0.2, -0.15) is 0 Å². The maximum absolute atomic E-state index is 12.8. The van der Waals surface area contributed by atoms with Crippen LogP contribution in [0.15, 0.2) is 72.9 Å². The van der Waals surface area contributed by atoms with Crippen molar-refractivity contribution in [1.82, 2.24) is 0 Å². The van der Waals surface area contributed by atoms with Crippen LogP contribution in [-0.4, -0.2) is 82.3 Å². The Balaban J connectivity index is 4.33. The van der Waals surface area contributed by atoms with Crippen molar-refractivity contribution in [3.8, 4) is 0 Å². The van der Waals surface area contributed by atoms with Crippen LogP contribution < -0.4 is 5.11 Å². The van der Waals surface area contributed by atoms with Crippen LogP contribution in [0, 0.1) is 0 Å². The van der Waals surface area contributed by atoms with Crippen molar-refractivity contribution < 1.29 is 42.9 Å². The van der Waals surface area contributed by atoms with Crippen molar-refractivity contribution in [2.24, 2.45) is 0 Å². The van der Waals surface area contributed by atoms with Crippen LogP contribution in [0.25, 0.3) is 0 Å². The molecule has 0 aliphatic carbocycles. The molecule has 0 heterocycles. The highest BCUT2D eigenvalue weighted by atomic mass is 16.7. The summed E-state index contributed by atoms with van der Waals surface area (Å²) in [7, 11) is 5.91. The number of ether oxygens (including phenoxy) is 4. The van der Waals surface area contributed by atoms with Gasteiger partial charge in [-0.1, -0.05) is 183 Å². The Morgan fingerprint density at radius 1 is 0.477 bits per heavy atom. The molecule has 0 N–H and O–H groups in total. The average Bonchev–Trinajstić information content (AvgIpc) is 3.27. The third kappa shape index (κ3) is 48.5. The van der Waals surface area contributed by atoms with Crippen molar-refractivity contribution in [2.45, 2.75) is 219 Å². The Bertz CT molecular complexity index is 1290. The summed E-state index contributed by atoms with van der Waals surface area (Å²) in [5.41, 5.74) is 0. The molecule has 65 heavy (non-hydrogen) atoms. The smallest absolute Gasteiger partial charge is 0.306 e. The summed E-state index contributed by atoms with van der Waals surface area (Å²) in [6.07, 6.45) is 56.5. The second-order valence-electron chi connectivity index (χ2n) is 18.4. The zero-order valence-corrected chi connectivity index (χ0v) is 42.3. The van der Waals surface area contributed by atoms with E-state index in [0.29, 0.717) is 17.4 Å². The summed E-state index contributed by atoms with van der Waals surface area (Å²) < 4.78 is 22.6. The van der Waals surface area contributed by atoms with Crippen molar-refractivity contribution >= 4 is 17.9 Å². The Morgan fingerprint density at radius 3 is 1.32 bits per heavy atom. The van der Waals surface area contributed by atoms with Crippen molar-refractivity contribution in [1.29, 1.82) is 0 Å². The Hall–Kier alpha value is -3.27. The predicted octanol–water partition coefficient (Wildman–Crippen LogP) is 13.3. The van der Waals surface area contributed by atoms with Crippen LogP contribution in [0.4, 0.5) is 0 Å². The normalized spacial score (nSPS) is 13.4. The number of esters is 2. The molecule has 0 saturated heterocycles. The zero-order chi connectivity index (χ0) is 47.7. The molecule has 0 aliphatic heterocycles. The van der Waals surface area contributed by atoms with E-state index >= 15 is 0 Å². The summed E-state index contributed by atoms with van der Waals surface area (Å²) in [6, 6.07) is 0. The summed E-state index contributed by atoms with van der Waals surface area (Å²) in [5, 5.41) is 11.7. The number of carboxylic acid groups (broad SMARTS) is 1. The molecule has 0 aromatic carbocycles. The summed E-state index contributed by atoms with van der Waals surface area (Å²) >= 11 is 0. The van der Waals surface area contributed by atoms with Crippen LogP contribution in [0.1, 0.15) is 206 Å². The van der Waals surface area contributed by atoms with Gasteiger partial charge in [0.25, 0.3) is 0 Å². The molecule has 0 bridgehead atoms. The van der Waals surface area contributed by atoms with Gasteiger partial charge >= 0.3 is 11.9 Å². The standard InChI is InChI=1S/C56H97NO8/c1-6-8-10-12-14-16-18-20-22-23-24-25-26-27-28-29-30-31-33-35-37-39-41-43-45-47-54(59)65-52(51-64-56(55(60)61)62-49-48-57(3,4)5)50-63-53(58)46-44-42-40-38-36-34-32-21-19-17-15-13-11-9-7-2/h8,10,14,16,20-22,24-25,27-28,32,52,56H,6-7,9,11-13,15,17-19,23,26,29-31,33-51H2,1-5H3/b10-8-,16-14-,22-20-,25-24-,28-27-,32-21-. The maximum atomic E-state index is 12.8. The molecular weight excluding hydrogens is 815 g/mol. The van der Waals surface area contributed by atoms with Gasteiger partial charge in [-0.05, 0) is 83.5 Å². The highest BCUT2D eigenvalue weighted by molar-refractivity contribution is 5.70. The lowest BCUT2D eigenvalue weighted by atomic mass is 10.1. The van der Waals surface area contributed by atoms with E-state index in [0.717, 1.165) is 96.3 Å². The van der Waals surface area contributed by atoms with Crippen LogP contribution in [0.2, 0.25) is 0 Å². The van der Waals surface area contributed by atoms with Crippen LogP contribution in [0.3, 0.4) is 0 Å². The molecule has 0 fully saturated rings. The lowest BCUT2D eigenvalue weighted by molar-refractivity contribution is -0.870. The number of hydrogen-bond donors (Lipinski definition) is 0. The molecule has 0 amide bonds. The molecule has 0 saturated carbocycles. The lowest BCUT2D eigenvalue weighted by Gasteiger charge is -2.26. The van der Waals surface area contributed by atoms with Gasteiger partial charge in [-0.3, -0.25) is 9.59 Å². The van der Waals surface area contributed by atoms with E-state index in [1.165, 1.54) is 77.0 Å². The van der Waals surface area contributed by atoms with E-state index in [2.05, 4.69) is 86.8 Å². The van der Waals surface area contributed by atoms with Crippen molar-refractivity contribution in [3.63, 3.8) is 0 Å². The number of carbonyl (C=O) groups is 3. The molecule has 0 aliphatic rings. The van der Waals surface area contributed by atoms with Gasteiger partial charge in [0, 0.05) is 12.8 Å². The second-order valence-corrected chi connectivity index (χ2v) is 18.4. The SMILES string of the molecule is CC/C=C\C/C=C\C/C=C\C/C=C\C/C=C\CCCCCCCCCCCC(=O)OC(COC(=O)CCCCCCC/C=C\CCCCCCCC)COC(OCC[N+](C)(C)C)C(=O)[O-]. The molecule has 0 aromatic rings. The predicted molar refractivity (Wildman–Crippen MR) is 269 cm³/mol. The van der Waals surface area contributed by atoms with Gasteiger partial charge in [-0.25, -0.2) is 0 Å². The maximum Gasteiger partial charge on any atom is 0.306 e. The topological polar surface area (TPSA) is 111 Å². The van der Waals surface area contributed by atoms with E-state index < -0.39 is 24.3 Å². The highest BCUT2D eigenvalue weighted by Gasteiger charge is 2.22. The number of carboxylic acids is 1. The number of hydrogen-bond acceptors (Lipinski definition) is 8. The quantitative estimate of drug-likeness (QED) is 0.0195. The summed E-state index contributed by atoms with van der Waals surface area (Å²) in [5.74, 6) is -2.31. The number of likely N-dealkylation sites (N-methyl/N-ethyl adjacent to an activating group) is 1. The first-order chi connectivity index (χ1) is 31.6. The zero-order valence-electron chi connectivity index (χ0n) is 42.3. The Morgan fingerprint density at radius 2 is 0.877 bits per heavy atom. The molecule has 0 rings (SSSR count). The van der Waals surface area contributed by atoms with Gasteiger partial charge in [0.2, 0.25) is 0 Å². The van der Waals surface area contributed by atoms with Crippen molar-refractivity contribution in [2.75, 3.05) is 47.5 Å². The monoisotopic (exact) mass is 912 g/mol. The minimum Gasteiger partial charge on any atom is -0.545 e. The van der Waals surface area contributed by atoms with Gasteiger partial charge in [0.15, 0.2) is 12.4 Å². The summed E-state index contributed by atoms with van der Waals surface area (Å²) in [4.78, 5) is 37.1. The molecule has 9 nitrogen and oxygen atoms in total. The van der Waals surface area contributed by atoms with E-state index in [4.69, 9.17) is 18.9 Å². The fourth-order valence-corrected chi connectivity index (χ4v) is 6.91. The number of quaternary nitrogens is 1. The van der Waals surface area contributed by atoms with Gasteiger partial charge < -0.3 is 33.3 Å². The van der Waals surface area contributed by atoms with E-state index in [1.54, 1.807) is 0 Å². The number of aliphatic carboxylic acids is 1. The third-order valence-electron chi connectivity index (χ3n) is 10.9. The average molecular weight is 912 g/mol. The number of nitrogens with zero attached hydrogens (tertiary/aromatic N) is 1. The molecule has 374 valence electrons. The summed E-state index contributed by atoms with van der Waals surface area (Å²) in [6.45, 7) is 4.60. The first-order valence-corrected chi connectivity index (χ1v) is 26.1. The third-order valence-corrected chi connectivity index (χ3v) is 10.9. The minimum atomic E-state index is -1.63. The van der Waals surface area contributed by atoms with E-state index in [9.17, 15) is 19.5 Å². The Kier molecular flexibility index (Phi) is 44.9. The first kappa shape index (κ1) is 61.7. The minimum absolute atomic E-state index is 0.142. The lowest BCUT2D eigenvalue weighted by Crippen LogP contribution is -2.44. The molecule has 0 aromatic heterocycles. The highest BCUT2D eigenvalue weighted by Crippen LogP contribution is 2.14. The van der Waals surface area contributed by atoms with E-state index in [-0.39, 0.29) is 38.6 Å². The molecular formula is C56H97NO8. The largest absolute Gasteiger partial charge is 0.545 e. The van der Waals surface area contributed by atoms with E-state index in [1.807, 2.05) is 21.1 Å². The molecule has 2 atom stereocenters. The molecule has 2 unspecified atom stereocenters.